The molecule has 0 aliphatic rings. The van der Waals surface area contributed by atoms with Crippen molar-refractivity contribution >= 4 is 34.3 Å². The molecule has 0 unspecified atom stereocenters. The molecule has 0 aliphatic carbocycles. The monoisotopic (exact) mass is 348 g/mol. The van der Waals surface area contributed by atoms with Crippen LogP contribution in [0.1, 0.15) is 11.4 Å². The van der Waals surface area contributed by atoms with Gasteiger partial charge in [0.2, 0.25) is 0 Å². The summed E-state index contributed by atoms with van der Waals surface area (Å²) in [5.74, 6) is 0.334. The second kappa shape index (κ2) is 6.81. The first kappa shape index (κ1) is 16.2. The fourth-order valence-electron chi connectivity index (χ4n) is 2.26. The standard InChI is InChI=1S/C15H14ClFN6O/c1-18-7-12-21-13-9(4-5-19-15(13)22-12)14(23-24)20-8-2-3-11(17)10(16)6-8/h2-6,18,24H,7H2,1H3,(H,20,23)(H,19,21,22). The van der Waals surface area contributed by atoms with Gasteiger partial charge in [-0.3, -0.25) is 0 Å². The summed E-state index contributed by atoms with van der Waals surface area (Å²) in [6.45, 7) is 0.544. The zero-order chi connectivity index (χ0) is 17.1. The minimum atomic E-state index is -0.527. The molecular formula is C15H14ClFN6O. The number of hydrogen-bond acceptors (Lipinski definition) is 5. The zero-order valence-corrected chi connectivity index (χ0v) is 13.4. The van der Waals surface area contributed by atoms with Gasteiger partial charge < -0.3 is 20.8 Å². The van der Waals surface area contributed by atoms with Crippen molar-refractivity contribution in [2.45, 2.75) is 6.54 Å². The summed E-state index contributed by atoms with van der Waals surface area (Å²) in [5.41, 5.74) is 2.17. The van der Waals surface area contributed by atoms with E-state index in [1.807, 2.05) is 7.05 Å². The number of pyridine rings is 1. The van der Waals surface area contributed by atoms with Crippen LogP contribution in [0.25, 0.3) is 11.2 Å². The minimum Gasteiger partial charge on any atom is -0.409 e. The Morgan fingerprint density at radius 3 is 2.96 bits per heavy atom. The van der Waals surface area contributed by atoms with Gasteiger partial charge in [0.15, 0.2) is 11.5 Å². The Balaban J connectivity index is 1.98. The van der Waals surface area contributed by atoms with E-state index in [9.17, 15) is 9.60 Å². The summed E-state index contributed by atoms with van der Waals surface area (Å²) in [5, 5.41) is 18.5. The molecule has 9 heteroatoms. The molecule has 0 saturated carbocycles. The summed E-state index contributed by atoms with van der Waals surface area (Å²) < 4.78 is 13.3. The van der Waals surface area contributed by atoms with Crippen LogP contribution in [0.2, 0.25) is 5.02 Å². The van der Waals surface area contributed by atoms with E-state index in [0.717, 1.165) is 0 Å². The molecule has 4 N–H and O–H groups in total. The predicted octanol–water partition coefficient (Wildman–Crippen LogP) is 2.72. The molecule has 2 heterocycles. The third-order valence-corrected chi connectivity index (χ3v) is 3.61. The SMILES string of the molecule is CNCc1nc2nccc(/C(=N/O)Nc3ccc(F)c(Cl)c3)c2[nH]1. The minimum absolute atomic E-state index is 0.0324. The Morgan fingerprint density at radius 1 is 1.42 bits per heavy atom. The molecule has 3 rings (SSSR count). The highest BCUT2D eigenvalue weighted by atomic mass is 35.5. The van der Waals surface area contributed by atoms with Crippen LogP contribution in [-0.4, -0.2) is 33.0 Å². The molecule has 3 aromatic rings. The van der Waals surface area contributed by atoms with Gasteiger partial charge in [0.1, 0.15) is 11.6 Å². The Kier molecular flexibility index (Phi) is 4.59. The number of imidazole rings is 1. The van der Waals surface area contributed by atoms with Gasteiger partial charge >= 0.3 is 0 Å². The molecule has 0 bridgehead atoms. The van der Waals surface area contributed by atoms with Crippen LogP contribution in [-0.2, 0) is 6.54 Å². The van der Waals surface area contributed by atoms with Crippen LogP contribution in [0, 0.1) is 5.82 Å². The van der Waals surface area contributed by atoms with E-state index in [1.165, 1.54) is 18.2 Å². The number of oxime groups is 1. The van der Waals surface area contributed by atoms with E-state index in [4.69, 9.17) is 11.6 Å². The second-order valence-corrected chi connectivity index (χ2v) is 5.38. The van der Waals surface area contributed by atoms with E-state index in [1.54, 1.807) is 12.3 Å². The highest BCUT2D eigenvalue weighted by molar-refractivity contribution is 6.31. The van der Waals surface area contributed by atoms with Crippen LogP contribution < -0.4 is 10.6 Å². The first-order valence-corrected chi connectivity index (χ1v) is 7.43. The average Bonchev–Trinajstić information content (AvgIpc) is 2.99. The molecule has 1 aromatic carbocycles. The van der Waals surface area contributed by atoms with E-state index >= 15 is 0 Å². The molecule has 24 heavy (non-hydrogen) atoms. The second-order valence-electron chi connectivity index (χ2n) is 4.97. The maximum Gasteiger partial charge on any atom is 0.179 e. The van der Waals surface area contributed by atoms with Crippen LogP contribution >= 0.6 is 11.6 Å². The number of fused-ring (bicyclic) bond motifs is 1. The fourth-order valence-corrected chi connectivity index (χ4v) is 2.44. The Morgan fingerprint density at radius 2 is 2.25 bits per heavy atom. The molecule has 0 amide bonds. The smallest absolute Gasteiger partial charge is 0.179 e. The number of halogens is 2. The number of aromatic amines is 1. The van der Waals surface area contributed by atoms with Crippen molar-refractivity contribution in [2.75, 3.05) is 12.4 Å². The zero-order valence-electron chi connectivity index (χ0n) is 12.6. The molecular weight excluding hydrogens is 335 g/mol. The lowest BCUT2D eigenvalue weighted by Crippen LogP contribution is -2.14. The van der Waals surface area contributed by atoms with E-state index in [-0.39, 0.29) is 10.9 Å². The summed E-state index contributed by atoms with van der Waals surface area (Å²) in [6, 6.07) is 5.80. The summed E-state index contributed by atoms with van der Waals surface area (Å²) in [4.78, 5) is 11.7. The quantitative estimate of drug-likeness (QED) is 0.251. The lowest BCUT2D eigenvalue weighted by molar-refractivity contribution is 0.319. The predicted molar refractivity (Wildman–Crippen MR) is 90.0 cm³/mol. The molecule has 0 spiro atoms. The number of rotatable bonds is 4. The molecule has 0 saturated heterocycles. The largest absolute Gasteiger partial charge is 0.409 e. The highest BCUT2D eigenvalue weighted by Gasteiger charge is 2.14. The molecule has 0 aliphatic heterocycles. The number of H-pyrrole nitrogens is 1. The van der Waals surface area contributed by atoms with Crippen molar-refractivity contribution in [3.63, 3.8) is 0 Å². The molecule has 0 fully saturated rings. The van der Waals surface area contributed by atoms with Crippen LogP contribution in [0.5, 0.6) is 0 Å². The number of hydrogen-bond donors (Lipinski definition) is 4. The van der Waals surface area contributed by atoms with Gasteiger partial charge in [-0.05, 0) is 31.3 Å². The maximum atomic E-state index is 13.3. The number of benzene rings is 1. The molecule has 7 nitrogen and oxygen atoms in total. The Hall–Kier alpha value is -2.71. The van der Waals surface area contributed by atoms with Gasteiger partial charge in [-0.2, -0.15) is 0 Å². The van der Waals surface area contributed by atoms with Gasteiger partial charge in [-0.15, -0.1) is 0 Å². The normalized spacial score (nSPS) is 11.9. The van der Waals surface area contributed by atoms with Gasteiger partial charge in [0, 0.05) is 17.4 Å². The van der Waals surface area contributed by atoms with Crippen molar-refractivity contribution in [2.24, 2.45) is 5.16 Å². The molecule has 124 valence electrons. The Labute approximate surface area is 141 Å². The van der Waals surface area contributed by atoms with Gasteiger partial charge in [-0.1, -0.05) is 16.8 Å². The van der Waals surface area contributed by atoms with Crippen molar-refractivity contribution in [1.82, 2.24) is 20.3 Å². The fraction of sp³-hybridized carbons (Fsp3) is 0.133. The summed E-state index contributed by atoms with van der Waals surface area (Å²) in [6.07, 6.45) is 1.56. The number of nitrogens with zero attached hydrogens (tertiary/aromatic N) is 3. The number of nitrogens with one attached hydrogen (secondary N) is 3. The first-order chi connectivity index (χ1) is 11.6. The lowest BCUT2D eigenvalue weighted by Gasteiger charge is -2.09. The van der Waals surface area contributed by atoms with Gasteiger partial charge in [0.25, 0.3) is 0 Å². The summed E-state index contributed by atoms with van der Waals surface area (Å²) >= 11 is 5.77. The number of anilines is 1. The van der Waals surface area contributed by atoms with Crippen molar-refractivity contribution in [3.8, 4) is 0 Å². The molecule has 2 aromatic heterocycles. The lowest BCUT2D eigenvalue weighted by atomic mass is 10.2. The molecule has 0 atom stereocenters. The van der Waals surface area contributed by atoms with Gasteiger partial charge in [-0.25, -0.2) is 14.4 Å². The van der Waals surface area contributed by atoms with Crippen molar-refractivity contribution in [1.29, 1.82) is 0 Å². The van der Waals surface area contributed by atoms with Gasteiger partial charge in [0.05, 0.1) is 17.1 Å². The third kappa shape index (κ3) is 3.15. The van der Waals surface area contributed by atoms with Crippen LogP contribution in [0.4, 0.5) is 10.1 Å². The van der Waals surface area contributed by atoms with E-state index in [0.29, 0.717) is 34.8 Å². The first-order valence-electron chi connectivity index (χ1n) is 7.05. The Bertz CT molecular complexity index is 910. The number of amidine groups is 1. The summed E-state index contributed by atoms with van der Waals surface area (Å²) in [7, 11) is 1.81. The van der Waals surface area contributed by atoms with E-state index in [2.05, 4.69) is 30.7 Å². The van der Waals surface area contributed by atoms with E-state index < -0.39 is 5.82 Å². The van der Waals surface area contributed by atoms with Crippen molar-refractivity contribution in [3.05, 3.63) is 52.7 Å². The number of aromatic nitrogens is 3. The highest BCUT2D eigenvalue weighted by Crippen LogP contribution is 2.21. The third-order valence-electron chi connectivity index (χ3n) is 3.32. The maximum absolute atomic E-state index is 13.3. The molecule has 0 radical (unpaired) electrons. The van der Waals surface area contributed by atoms with Crippen molar-refractivity contribution < 1.29 is 9.60 Å². The average molecular weight is 349 g/mol. The topological polar surface area (TPSA) is 98.2 Å². The van der Waals surface area contributed by atoms with Crippen LogP contribution in [0.15, 0.2) is 35.6 Å². The van der Waals surface area contributed by atoms with Crippen LogP contribution in [0.3, 0.4) is 0 Å².